The first-order valence-electron chi connectivity index (χ1n) is 2.59. The van der Waals surface area contributed by atoms with Gasteiger partial charge in [0, 0.05) is 23.3 Å². The number of hydrogen-bond acceptors (Lipinski definition) is 1. The summed E-state index contributed by atoms with van der Waals surface area (Å²) in [5, 5.41) is 1.86. The summed E-state index contributed by atoms with van der Waals surface area (Å²) in [5.74, 6) is 0. The SMILES string of the molecule is Cl.Clc1cncc(Cl)c1CBr. The van der Waals surface area contributed by atoms with E-state index in [1.807, 2.05) is 0 Å². The molecule has 1 nitrogen and oxygen atoms in total. The Kier molecular flexibility index (Phi) is 5.44. The molecule has 0 aliphatic heterocycles. The standard InChI is InChI=1S/C6H4BrCl2N.ClH/c7-1-4-5(8)2-10-3-6(4)9;/h2-3H,1H2;1H. The van der Waals surface area contributed by atoms with E-state index in [1.165, 1.54) is 0 Å². The quantitative estimate of drug-likeness (QED) is 0.713. The number of alkyl halides is 1. The van der Waals surface area contributed by atoms with Crippen molar-refractivity contribution in [1.82, 2.24) is 4.98 Å². The topological polar surface area (TPSA) is 12.9 Å². The van der Waals surface area contributed by atoms with Crippen molar-refractivity contribution in [2.45, 2.75) is 5.33 Å². The predicted octanol–water partition coefficient (Wildman–Crippen LogP) is 3.71. The molecule has 0 aliphatic rings. The first-order valence-corrected chi connectivity index (χ1v) is 4.47. The number of aromatic nitrogens is 1. The Bertz CT molecular complexity index is 221. The zero-order chi connectivity index (χ0) is 7.56. The molecular formula is C6H5BrCl3N. The van der Waals surface area contributed by atoms with Crippen LogP contribution in [0.25, 0.3) is 0 Å². The van der Waals surface area contributed by atoms with Crippen LogP contribution in [0.1, 0.15) is 5.56 Å². The Morgan fingerprint density at radius 2 is 1.73 bits per heavy atom. The lowest BCUT2D eigenvalue weighted by atomic mass is 10.3. The van der Waals surface area contributed by atoms with Gasteiger partial charge in [-0.15, -0.1) is 12.4 Å². The largest absolute Gasteiger partial charge is 0.262 e. The minimum atomic E-state index is 0. The second-order valence-corrected chi connectivity index (χ2v) is 3.09. The van der Waals surface area contributed by atoms with Crippen LogP contribution in [0.2, 0.25) is 10.0 Å². The summed E-state index contributed by atoms with van der Waals surface area (Å²) in [4.78, 5) is 3.81. The third-order valence-electron chi connectivity index (χ3n) is 1.09. The molecule has 0 fully saturated rings. The molecule has 0 saturated heterocycles. The first-order chi connectivity index (χ1) is 4.75. The second kappa shape index (κ2) is 5.20. The third kappa shape index (κ3) is 2.79. The molecule has 0 atom stereocenters. The number of pyridine rings is 1. The van der Waals surface area contributed by atoms with Crippen LogP contribution in [0.4, 0.5) is 0 Å². The van der Waals surface area contributed by atoms with Gasteiger partial charge in [-0.05, 0) is 0 Å². The Hall–Kier alpha value is 0.500. The van der Waals surface area contributed by atoms with Crippen LogP contribution in [0.3, 0.4) is 0 Å². The summed E-state index contributed by atoms with van der Waals surface area (Å²) in [6.45, 7) is 0. The molecule has 1 heterocycles. The maximum Gasteiger partial charge on any atom is 0.0644 e. The molecule has 5 heteroatoms. The van der Waals surface area contributed by atoms with Gasteiger partial charge in [-0.25, -0.2) is 0 Å². The van der Waals surface area contributed by atoms with Crippen LogP contribution in [0.5, 0.6) is 0 Å². The van der Waals surface area contributed by atoms with Gasteiger partial charge in [0.2, 0.25) is 0 Å². The van der Waals surface area contributed by atoms with Crippen LogP contribution in [-0.2, 0) is 5.33 Å². The molecule has 1 aromatic heterocycles. The molecule has 0 aromatic carbocycles. The molecule has 11 heavy (non-hydrogen) atoms. The van der Waals surface area contributed by atoms with E-state index in [0.29, 0.717) is 15.4 Å². The van der Waals surface area contributed by atoms with Gasteiger partial charge < -0.3 is 0 Å². The maximum atomic E-state index is 5.75. The summed E-state index contributed by atoms with van der Waals surface area (Å²) in [6.07, 6.45) is 3.15. The molecular weight excluding hydrogens is 272 g/mol. The highest BCUT2D eigenvalue weighted by atomic mass is 79.9. The van der Waals surface area contributed by atoms with Crippen molar-refractivity contribution in [2.75, 3.05) is 0 Å². The van der Waals surface area contributed by atoms with Crippen molar-refractivity contribution >= 4 is 51.5 Å². The molecule has 0 spiro atoms. The molecule has 0 radical (unpaired) electrons. The van der Waals surface area contributed by atoms with Gasteiger partial charge in [-0.2, -0.15) is 0 Å². The minimum Gasteiger partial charge on any atom is -0.262 e. The van der Waals surface area contributed by atoms with Gasteiger partial charge >= 0.3 is 0 Å². The monoisotopic (exact) mass is 275 g/mol. The van der Waals surface area contributed by atoms with E-state index in [1.54, 1.807) is 12.4 Å². The van der Waals surface area contributed by atoms with Crippen LogP contribution in [-0.4, -0.2) is 4.98 Å². The van der Waals surface area contributed by atoms with Crippen molar-refractivity contribution in [1.29, 1.82) is 0 Å². The van der Waals surface area contributed by atoms with Gasteiger partial charge in [0.1, 0.15) is 0 Å². The zero-order valence-electron chi connectivity index (χ0n) is 5.35. The molecule has 1 aromatic rings. The van der Waals surface area contributed by atoms with Crippen molar-refractivity contribution in [2.24, 2.45) is 0 Å². The molecule has 1 rings (SSSR count). The Morgan fingerprint density at radius 3 is 2.00 bits per heavy atom. The Balaban J connectivity index is 0.000001000. The maximum absolute atomic E-state index is 5.75. The summed E-state index contributed by atoms with van der Waals surface area (Å²) >= 11 is 14.8. The van der Waals surface area contributed by atoms with Gasteiger partial charge in [-0.1, -0.05) is 39.1 Å². The highest BCUT2D eigenvalue weighted by Crippen LogP contribution is 2.24. The van der Waals surface area contributed by atoms with Gasteiger partial charge in [0.15, 0.2) is 0 Å². The second-order valence-electron chi connectivity index (χ2n) is 1.72. The van der Waals surface area contributed by atoms with E-state index in [4.69, 9.17) is 23.2 Å². The van der Waals surface area contributed by atoms with Crippen molar-refractivity contribution in [3.05, 3.63) is 28.0 Å². The molecule has 0 unspecified atom stereocenters. The summed E-state index contributed by atoms with van der Waals surface area (Å²) < 4.78 is 0. The summed E-state index contributed by atoms with van der Waals surface area (Å²) in [7, 11) is 0. The Morgan fingerprint density at radius 1 is 1.27 bits per heavy atom. The molecule has 0 bridgehead atoms. The number of hydrogen-bond donors (Lipinski definition) is 0. The highest BCUT2D eigenvalue weighted by molar-refractivity contribution is 9.08. The highest BCUT2D eigenvalue weighted by Gasteiger charge is 2.02. The van der Waals surface area contributed by atoms with E-state index in [2.05, 4.69) is 20.9 Å². The number of rotatable bonds is 1. The average Bonchev–Trinajstić information content (AvgIpc) is 1.88. The van der Waals surface area contributed by atoms with Crippen molar-refractivity contribution < 1.29 is 0 Å². The third-order valence-corrected chi connectivity index (χ3v) is 2.30. The number of halogens is 4. The summed E-state index contributed by atoms with van der Waals surface area (Å²) in [5.41, 5.74) is 0.887. The van der Waals surface area contributed by atoms with Crippen LogP contribution in [0.15, 0.2) is 12.4 Å². The molecule has 0 N–H and O–H groups in total. The smallest absolute Gasteiger partial charge is 0.0644 e. The van der Waals surface area contributed by atoms with E-state index >= 15 is 0 Å². The van der Waals surface area contributed by atoms with Crippen LogP contribution in [0, 0.1) is 0 Å². The van der Waals surface area contributed by atoms with Crippen molar-refractivity contribution in [3.8, 4) is 0 Å². The fraction of sp³-hybridized carbons (Fsp3) is 0.167. The lowest BCUT2D eigenvalue weighted by molar-refractivity contribution is 1.28. The zero-order valence-corrected chi connectivity index (χ0v) is 9.27. The van der Waals surface area contributed by atoms with Crippen LogP contribution < -0.4 is 0 Å². The number of nitrogens with zero attached hydrogens (tertiary/aromatic N) is 1. The predicted molar refractivity (Wildman–Crippen MR) is 54.1 cm³/mol. The Labute approximate surface area is 89.6 Å². The molecule has 62 valence electrons. The van der Waals surface area contributed by atoms with Crippen molar-refractivity contribution in [3.63, 3.8) is 0 Å². The van der Waals surface area contributed by atoms with Gasteiger partial charge in [-0.3, -0.25) is 4.98 Å². The fourth-order valence-electron chi connectivity index (χ4n) is 0.566. The fourth-order valence-corrected chi connectivity index (χ4v) is 1.99. The van der Waals surface area contributed by atoms with Crippen LogP contribution >= 0.6 is 51.5 Å². The van der Waals surface area contributed by atoms with E-state index in [0.717, 1.165) is 5.56 Å². The molecule has 0 amide bonds. The normalized spacial score (nSPS) is 9.00. The van der Waals surface area contributed by atoms with E-state index < -0.39 is 0 Å². The average molecular weight is 277 g/mol. The van der Waals surface area contributed by atoms with E-state index in [-0.39, 0.29) is 12.4 Å². The lowest BCUT2D eigenvalue weighted by Crippen LogP contribution is -1.83. The summed E-state index contributed by atoms with van der Waals surface area (Å²) in [6, 6.07) is 0. The molecule has 0 saturated carbocycles. The molecule has 0 aliphatic carbocycles. The van der Waals surface area contributed by atoms with Gasteiger partial charge in [0.05, 0.1) is 10.0 Å². The lowest BCUT2D eigenvalue weighted by Gasteiger charge is -1.99. The van der Waals surface area contributed by atoms with Gasteiger partial charge in [0.25, 0.3) is 0 Å². The first kappa shape index (κ1) is 11.5. The minimum absolute atomic E-state index is 0. The van der Waals surface area contributed by atoms with E-state index in [9.17, 15) is 0 Å².